The van der Waals surface area contributed by atoms with Gasteiger partial charge < -0.3 is 15.0 Å². The van der Waals surface area contributed by atoms with Gasteiger partial charge in [-0.1, -0.05) is 36.4 Å². The Morgan fingerprint density at radius 3 is 2.69 bits per heavy atom. The number of carbonyl (C=O) groups is 1. The molecular formula is C23H17N3O2S. The second-order valence-corrected chi connectivity index (χ2v) is 7.68. The predicted molar refractivity (Wildman–Crippen MR) is 117 cm³/mol. The molecule has 29 heavy (non-hydrogen) atoms. The molecule has 0 fully saturated rings. The maximum Gasteiger partial charge on any atom is 0.277 e. The molecule has 0 aliphatic heterocycles. The standard InChI is InChI=1S/C23H17N3O2S/c1-26-12-17(18-13-29-23(25-18)22(24)27)21-19(26)7-4-8-20(21)28-16-10-9-14-5-2-3-6-15(14)11-16/h2-13H,1H3,(H2,24,27). The van der Waals surface area contributed by atoms with Gasteiger partial charge in [0.25, 0.3) is 5.91 Å². The number of ether oxygens (including phenoxy) is 1. The van der Waals surface area contributed by atoms with Gasteiger partial charge in [0.2, 0.25) is 0 Å². The Bertz CT molecular complexity index is 1380. The Morgan fingerprint density at radius 2 is 1.90 bits per heavy atom. The fraction of sp³-hybridized carbons (Fsp3) is 0.0435. The number of aryl methyl sites for hydroxylation is 1. The zero-order valence-corrected chi connectivity index (χ0v) is 16.4. The largest absolute Gasteiger partial charge is 0.457 e. The van der Waals surface area contributed by atoms with Crippen LogP contribution >= 0.6 is 11.3 Å². The third-order valence-electron chi connectivity index (χ3n) is 4.92. The normalized spacial score (nSPS) is 11.2. The van der Waals surface area contributed by atoms with Crippen LogP contribution in [0.25, 0.3) is 32.9 Å². The van der Waals surface area contributed by atoms with E-state index in [-0.39, 0.29) is 0 Å². The molecule has 0 aliphatic carbocycles. The number of primary amides is 1. The van der Waals surface area contributed by atoms with Crippen LogP contribution in [0.2, 0.25) is 0 Å². The molecule has 142 valence electrons. The van der Waals surface area contributed by atoms with E-state index in [4.69, 9.17) is 10.5 Å². The topological polar surface area (TPSA) is 70.1 Å². The van der Waals surface area contributed by atoms with Crippen molar-refractivity contribution in [2.24, 2.45) is 12.8 Å². The molecule has 6 heteroatoms. The highest BCUT2D eigenvalue weighted by atomic mass is 32.1. The van der Waals surface area contributed by atoms with E-state index in [1.165, 1.54) is 16.7 Å². The maximum absolute atomic E-state index is 11.5. The van der Waals surface area contributed by atoms with Gasteiger partial charge in [-0.2, -0.15) is 0 Å². The molecule has 2 heterocycles. The number of nitrogens with two attached hydrogens (primary N) is 1. The number of aromatic nitrogens is 2. The van der Waals surface area contributed by atoms with Crippen molar-refractivity contribution in [3.63, 3.8) is 0 Å². The zero-order valence-electron chi connectivity index (χ0n) is 15.6. The van der Waals surface area contributed by atoms with Crippen molar-refractivity contribution in [3.05, 3.63) is 77.2 Å². The third-order valence-corrected chi connectivity index (χ3v) is 5.77. The summed E-state index contributed by atoms with van der Waals surface area (Å²) in [5.41, 5.74) is 8.02. The van der Waals surface area contributed by atoms with Crippen LogP contribution in [-0.2, 0) is 7.05 Å². The highest BCUT2D eigenvalue weighted by Crippen LogP contribution is 2.39. The number of hydrogen-bond donors (Lipinski definition) is 1. The van der Waals surface area contributed by atoms with E-state index in [2.05, 4.69) is 23.2 Å². The molecule has 0 saturated carbocycles. The van der Waals surface area contributed by atoms with E-state index in [0.717, 1.165) is 33.4 Å². The van der Waals surface area contributed by atoms with Crippen LogP contribution in [0.1, 0.15) is 9.80 Å². The van der Waals surface area contributed by atoms with E-state index in [9.17, 15) is 4.79 Å². The van der Waals surface area contributed by atoms with Crippen molar-refractivity contribution in [2.45, 2.75) is 0 Å². The SMILES string of the molecule is Cn1cc(-c2csc(C(N)=O)n2)c2c(Oc3ccc4ccccc4c3)cccc21. The molecule has 1 amide bonds. The molecule has 2 aromatic heterocycles. The third kappa shape index (κ3) is 3.03. The number of thiazole rings is 1. The molecule has 3 aromatic carbocycles. The van der Waals surface area contributed by atoms with Gasteiger partial charge in [0.1, 0.15) is 11.5 Å². The molecule has 5 aromatic rings. The van der Waals surface area contributed by atoms with Crippen molar-refractivity contribution in [3.8, 4) is 22.8 Å². The summed E-state index contributed by atoms with van der Waals surface area (Å²) < 4.78 is 8.33. The minimum atomic E-state index is -0.519. The smallest absolute Gasteiger partial charge is 0.277 e. The summed E-state index contributed by atoms with van der Waals surface area (Å²) in [6.07, 6.45) is 2.00. The first kappa shape index (κ1) is 17.5. The molecule has 0 bridgehead atoms. The zero-order chi connectivity index (χ0) is 20.0. The lowest BCUT2D eigenvalue weighted by Gasteiger charge is -2.09. The molecule has 0 radical (unpaired) electrons. The first-order valence-corrected chi connectivity index (χ1v) is 9.98. The number of nitrogens with zero attached hydrogens (tertiary/aromatic N) is 2. The number of benzene rings is 3. The van der Waals surface area contributed by atoms with Crippen LogP contribution in [0.4, 0.5) is 0 Å². The average Bonchev–Trinajstić information content (AvgIpc) is 3.34. The highest BCUT2D eigenvalue weighted by molar-refractivity contribution is 7.12. The van der Waals surface area contributed by atoms with Crippen molar-refractivity contribution in [1.82, 2.24) is 9.55 Å². The maximum atomic E-state index is 11.5. The monoisotopic (exact) mass is 399 g/mol. The van der Waals surface area contributed by atoms with Crippen LogP contribution < -0.4 is 10.5 Å². The van der Waals surface area contributed by atoms with E-state index in [1.807, 2.05) is 65.7 Å². The Morgan fingerprint density at radius 1 is 1.07 bits per heavy atom. The first-order valence-electron chi connectivity index (χ1n) is 9.10. The van der Waals surface area contributed by atoms with Crippen molar-refractivity contribution in [2.75, 3.05) is 0 Å². The molecule has 5 nitrogen and oxygen atoms in total. The Kier molecular flexibility index (Phi) is 4.07. The number of fused-ring (bicyclic) bond motifs is 2. The second-order valence-electron chi connectivity index (χ2n) is 6.82. The minimum absolute atomic E-state index is 0.296. The van der Waals surface area contributed by atoms with Crippen LogP contribution in [0, 0.1) is 0 Å². The molecule has 0 saturated heterocycles. The summed E-state index contributed by atoms with van der Waals surface area (Å²) in [4.78, 5) is 15.9. The summed E-state index contributed by atoms with van der Waals surface area (Å²) in [6, 6.07) is 20.2. The quantitative estimate of drug-likeness (QED) is 0.443. The van der Waals surface area contributed by atoms with Crippen LogP contribution in [-0.4, -0.2) is 15.5 Å². The number of hydrogen-bond acceptors (Lipinski definition) is 4. The van der Waals surface area contributed by atoms with Crippen molar-refractivity contribution >= 4 is 38.9 Å². The summed E-state index contributed by atoms with van der Waals surface area (Å²) in [6.45, 7) is 0. The highest BCUT2D eigenvalue weighted by Gasteiger charge is 2.17. The van der Waals surface area contributed by atoms with Gasteiger partial charge in [-0.05, 0) is 35.0 Å². The van der Waals surface area contributed by atoms with Gasteiger partial charge in [0.05, 0.1) is 16.6 Å². The van der Waals surface area contributed by atoms with E-state index >= 15 is 0 Å². The summed E-state index contributed by atoms with van der Waals surface area (Å²) in [5.74, 6) is 0.984. The predicted octanol–water partition coefficient (Wildman–Crippen LogP) is 5.35. The minimum Gasteiger partial charge on any atom is -0.457 e. The molecule has 0 unspecified atom stereocenters. The van der Waals surface area contributed by atoms with Crippen LogP contribution in [0.5, 0.6) is 11.5 Å². The van der Waals surface area contributed by atoms with Crippen LogP contribution in [0.15, 0.2) is 72.2 Å². The van der Waals surface area contributed by atoms with E-state index < -0.39 is 5.91 Å². The Labute approximate surface area is 171 Å². The second kappa shape index (κ2) is 6.76. The first-order chi connectivity index (χ1) is 14.1. The molecule has 0 aliphatic rings. The molecule has 2 N–H and O–H groups in total. The summed E-state index contributed by atoms with van der Waals surface area (Å²) in [5, 5.41) is 5.38. The fourth-order valence-electron chi connectivity index (χ4n) is 3.56. The van der Waals surface area contributed by atoms with Crippen LogP contribution in [0.3, 0.4) is 0 Å². The van der Waals surface area contributed by atoms with Gasteiger partial charge >= 0.3 is 0 Å². The lowest BCUT2D eigenvalue weighted by Crippen LogP contribution is -2.10. The van der Waals surface area contributed by atoms with E-state index in [0.29, 0.717) is 10.7 Å². The molecule has 0 atom stereocenters. The number of rotatable bonds is 4. The Hall–Kier alpha value is -3.64. The van der Waals surface area contributed by atoms with Gasteiger partial charge in [0.15, 0.2) is 5.01 Å². The summed E-state index contributed by atoms with van der Waals surface area (Å²) in [7, 11) is 1.98. The summed E-state index contributed by atoms with van der Waals surface area (Å²) >= 11 is 1.25. The fourth-order valence-corrected chi connectivity index (χ4v) is 4.23. The van der Waals surface area contributed by atoms with Gasteiger partial charge in [-0.25, -0.2) is 4.98 Å². The van der Waals surface area contributed by atoms with Crippen molar-refractivity contribution in [1.29, 1.82) is 0 Å². The molecule has 5 rings (SSSR count). The number of carbonyl (C=O) groups excluding carboxylic acids is 1. The number of amides is 1. The average molecular weight is 399 g/mol. The Balaban J connectivity index is 1.64. The lowest BCUT2D eigenvalue weighted by atomic mass is 10.1. The molecular weight excluding hydrogens is 382 g/mol. The van der Waals surface area contributed by atoms with Gasteiger partial charge in [0, 0.05) is 24.2 Å². The van der Waals surface area contributed by atoms with Crippen molar-refractivity contribution < 1.29 is 9.53 Å². The van der Waals surface area contributed by atoms with Gasteiger partial charge in [-0.3, -0.25) is 4.79 Å². The lowest BCUT2D eigenvalue weighted by molar-refractivity contribution is 0.1000. The molecule has 0 spiro atoms. The van der Waals surface area contributed by atoms with Gasteiger partial charge in [-0.15, -0.1) is 11.3 Å². The van der Waals surface area contributed by atoms with E-state index in [1.54, 1.807) is 0 Å².